The monoisotopic (exact) mass is 259 g/mol. The molecule has 0 saturated carbocycles. The Morgan fingerprint density at radius 1 is 1.58 bits per heavy atom. The van der Waals surface area contributed by atoms with Crippen molar-refractivity contribution < 1.29 is 4.79 Å². The molecule has 1 saturated heterocycles. The molecule has 2 aromatic rings. The molecule has 1 N–H and O–H groups in total. The first-order valence-corrected chi connectivity index (χ1v) is 6.53. The molecule has 100 valence electrons. The molecule has 19 heavy (non-hydrogen) atoms. The van der Waals surface area contributed by atoms with Gasteiger partial charge in [-0.15, -0.1) is 0 Å². The fourth-order valence-electron chi connectivity index (χ4n) is 2.61. The zero-order chi connectivity index (χ0) is 13.2. The highest BCUT2D eigenvalue weighted by molar-refractivity contribution is 5.92. The van der Waals surface area contributed by atoms with Gasteiger partial charge < -0.3 is 4.90 Å². The Kier molecular flexibility index (Phi) is 3.06. The number of rotatable bonds is 3. The van der Waals surface area contributed by atoms with Crippen molar-refractivity contribution in [3.05, 3.63) is 35.9 Å². The normalized spacial score (nSPS) is 19.0. The van der Waals surface area contributed by atoms with E-state index in [0.29, 0.717) is 5.69 Å². The number of nitrogens with one attached hydrogen (secondary N) is 1. The standard InChI is InChI=1S/C13H17N5O/c1-10-7-15-17(8-10)9-11-3-2-6-18(11)13(19)12-4-5-14-16-12/h4-5,7-8,11H,2-3,6,9H2,1H3,(H,14,16). The summed E-state index contributed by atoms with van der Waals surface area (Å²) in [4.78, 5) is 14.3. The van der Waals surface area contributed by atoms with Gasteiger partial charge in [0.1, 0.15) is 5.69 Å². The number of aryl methyl sites for hydroxylation is 1. The summed E-state index contributed by atoms with van der Waals surface area (Å²) in [6.07, 6.45) is 7.53. The average molecular weight is 259 g/mol. The number of H-pyrrole nitrogens is 1. The van der Waals surface area contributed by atoms with E-state index in [0.717, 1.165) is 31.5 Å². The smallest absolute Gasteiger partial charge is 0.272 e. The maximum Gasteiger partial charge on any atom is 0.272 e. The fourth-order valence-corrected chi connectivity index (χ4v) is 2.61. The van der Waals surface area contributed by atoms with Crippen molar-refractivity contribution in [2.45, 2.75) is 32.4 Å². The van der Waals surface area contributed by atoms with Gasteiger partial charge in [0.05, 0.1) is 18.8 Å². The molecule has 1 unspecified atom stereocenters. The first-order valence-electron chi connectivity index (χ1n) is 6.53. The predicted molar refractivity (Wildman–Crippen MR) is 69.6 cm³/mol. The molecule has 1 fully saturated rings. The summed E-state index contributed by atoms with van der Waals surface area (Å²) in [7, 11) is 0. The largest absolute Gasteiger partial charge is 0.332 e. The van der Waals surface area contributed by atoms with Crippen LogP contribution in [-0.4, -0.2) is 43.4 Å². The molecule has 0 bridgehead atoms. The summed E-state index contributed by atoms with van der Waals surface area (Å²) in [5, 5.41) is 10.9. The summed E-state index contributed by atoms with van der Waals surface area (Å²) in [6.45, 7) is 3.59. The second-order valence-corrected chi connectivity index (χ2v) is 5.00. The Balaban J connectivity index is 1.73. The van der Waals surface area contributed by atoms with E-state index in [-0.39, 0.29) is 11.9 Å². The number of aromatic nitrogens is 4. The Labute approximate surface area is 111 Å². The van der Waals surface area contributed by atoms with Gasteiger partial charge in [-0.05, 0) is 31.4 Å². The summed E-state index contributed by atoms with van der Waals surface area (Å²) >= 11 is 0. The number of hydrogen-bond donors (Lipinski definition) is 1. The fraction of sp³-hybridized carbons (Fsp3) is 0.462. The van der Waals surface area contributed by atoms with Crippen LogP contribution in [0.4, 0.5) is 0 Å². The lowest BCUT2D eigenvalue weighted by atomic mass is 10.2. The van der Waals surface area contributed by atoms with Gasteiger partial charge >= 0.3 is 0 Å². The molecule has 0 radical (unpaired) electrons. The lowest BCUT2D eigenvalue weighted by Crippen LogP contribution is -2.38. The minimum absolute atomic E-state index is 0.0314. The molecule has 1 atom stereocenters. The van der Waals surface area contributed by atoms with Gasteiger partial charge in [-0.3, -0.25) is 14.6 Å². The molecule has 6 nitrogen and oxygen atoms in total. The number of likely N-dealkylation sites (tertiary alicyclic amines) is 1. The summed E-state index contributed by atoms with van der Waals surface area (Å²) in [5.74, 6) is 0.0314. The Morgan fingerprint density at radius 2 is 2.47 bits per heavy atom. The molecule has 1 amide bonds. The molecule has 6 heteroatoms. The molecule has 0 aliphatic carbocycles. The van der Waals surface area contributed by atoms with Crippen molar-refractivity contribution in [2.75, 3.05) is 6.54 Å². The van der Waals surface area contributed by atoms with Crippen molar-refractivity contribution >= 4 is 5.91 Å². The third-order valence-corrected chi connectivity index (χ3v) is 3.53. The zero-order valence-corrected chi connectivity index (χ0v) is 10.9. The van der Waals surface area contributed by atoms with E-state index >= 15 is 0 Å². The van der Waals surface area contributed by atoms with Crippen LogP contribution in [0.1, 0.15) is 28.9 Å². The van der Waals surface area contributed by atoms with Crippen LogP contribution in [0, 0.1) is 6.92 Å². The van der Waals surface area contributed by atoms with Gasteiger partial charge in [0.25, 0.3) is 5.91 Å². The van der Waals surface area contributed by atoms with E-state index < -0.39 is 0 Å². The maximum absolute atomic E-state index is 12.3. The molecule has 1 aliphatic heterocycles. The van der Waals surface area contributed by atoms with E-state index in [1.807, 2.05) is 28.9 Å². The van der Waals surface area contributed by atoms with Gasteiger partial charge in [-0.2, -0.15) is 10.2 Å². The Bertz CT molecular complexity index is 559. The van der Waals surface area contributed by atoms with Crippen molar-refractivity contribution in [1.82, 2.24) is 24.9 Å². The van der Waals surface area contributed by atoms with Crippen LogP contribution in [0.25, 0.3) is 0 Å². The number of amides is 1. The predicted octanol–water partition coefficient (Wildman–Crippen LogP) is 1.22. The van der Waals surface area contributed by atoms with Crippen molar-refractivity contribution in [3.8, 4) is 0 Å². The van der Waals surface area contributed by atoms with Gasteiger partial charge in [0.2, 0.25) is 0 Å². The minimum atomic E-state index is 0.0314. The SMILES string of the molecule is Cc1cnn(CC2CCCN2C(=O)c2ccn[nH]2)c1. The lowest BCUT2D eigenvalue weighted by Gasteiger charge is -2.24. The number of aromatic amines is 1. The van der Waals surface area contributed by atoms with Crippen molar-refractivity contribution in [2.24, 2.45) is 0 Å². The van der Waals surface area contributed by atoms with Gasteiger partial charge in [-0.1, -0.05) is 0 Å². The average Bonchev–Trinajstić information content (AvgIpc) is 3.10. The van der Waals surface area contributed by atoms with Gasteiger partial charge in [-0.25, -0.2) is 0 Å². The van der Waals surface area contributed by atoms with Crippen LogP contribution in [0.3, 0.4) is 0 Å². The molecule has 1 aliphatic rings. The van der Waals surface area contributed by atoms with Crippen LogP contribution in [-0.2, 0) is 6.54 Å². The highest BCUT2D eigenvalue weighted by Crippen LogP contribution is 2.20. The first-order chi connectivity index (χ1) is 9.24. The highest BCUT2D eigenvalue weighted by atomic mass is 16.2. The topological polar surface area (TPSA) is 66.8 Å². The second-order valence-electron chi connectivity index (χ2n) is 5.00. The Morgan fingerprint density at radius 3 is 3.16 bits per heavy atom. The van der Waals surface area contributed by atoms with Gasteiger partial charge in [0, 0.05) is 18.9 Å². The van der Waals surface area contributed by atoms with E-state index in [1.54, 1.807) is 12.3 Å². The zero-order valence-electron chi connectivity index (χ0n) is 10.9. The number of hydrogen-bond acceptors (Lipinski definition) is 3. The van der Waals surface area contributed by atoms with Gasteiger partial charge in [0.15, 0.2) is 0 Å². The molecular formula is C13H17N5O. The lowest BCUT2D eigenvalue weighted by molar-refractivity contribution is 0.0715. The third kappa shape index (κ3) is 2.38. The van der Waals surface area contributed by atoms with Crippen LogP contribution < -0.4 is 0 Å². The van der Waals surface area contributed by atoms with Crippen LogP contribution in [0.5, 0.6) is 0 Å². The summed E-state index contributed by atoms with van der Waals surface area (Å²) < 4.78 is 1.92. The second kappa shape index (κ2) is 4.87. The molecule has 2 aromatic heterocycles. The third-order valence-electron chi connectivity index (χ3n) is 3.53. The summed E-state index contributed by atoms with van der Waals surface area (Å²) in [6, 6.07) is 1.94. The Hall–Kier alpha value is -2.11. The number of nitrogens with zero attached hydrogens (tertiary/aromatic N) is 4. The molecule has 0 spiro atoms. The van der Waals surface area contributed by atoms with E-state index in [9.17, 15) is 4.79 Å². The van der Waals surface area contributed by atoms with E-state index in [4.69, 9.17) is 0 Å². The van der Waals surface area contributed by atoms with Crippen molar-refractivity contribution in [1.29, 1.82) is 0 Å². The van der Waals surface area contributed by atoms with Crippen molar-refractivity contribution in [3.63, 3.8) is 0 Å². The number of carbonyl (C=O) groups is 1. The molecule has 3 heterocycles. The number of carbonyl (C=O) groups excluding carboxylic acids is 1. The molecule has 0 aromatic carbocycles. The van der Waals surface area contributed by atoms with Crippen LogP contribution in [0.2, 0.25) is 0 Å². The highest BCUT2D eigenvalue weighted by Gasteiger charge is 2.30. The van der Waals surface area contributed by atoms with Crippen LogP contribution >= 0.6 is 0 Å². The summed E-state index contributed by atoms with van der Waals surface area (Å²) in [5.41, 5.74) is 1.70. The van der Waals surface area contributed by atoms with E-state index in [1.165, 1.54) is 0 Å². The maximum atomic E-state index is 12.3. The molecular weight excluding hydrogens is 242 g/mol. The quantitative estimate of drug-likeness (QED) is 0.901. The first kappa shape index (κ1) is 12.0. The van der Waals surface area contributed by atoms with Crippen LogP contribution in [0.15, 0.2) is 24.7 Å². The van der Waals surface area contributed by atoms with E-state index in [2.05, 4.69) is 15.3 Å². The molecule has 3 rings (SSSR count). The minimum Gasteiger partial charge on any atom is -0.332 e.